The van der Waals surface area contributed by atoms with Gasteiger partial charge in [0.05, 0.1) is 11.3 Å². The van der Waals surface area contributed by atoms with Gasteiger partial charge in [-0.1, -0.05) is 52.0 Å². The Hall–Kier alpha value is -1.18. The molecule has 0 radical (unpaired) electrons. The highest BCUT2D eigenvalue weighted by Crippen LogP contribution is 2.36. The molecule has 110 valence electrons. The van der Waals surface area contributed by atoms with Crippen molar-refractivity contribution in [3.05, 3.63) is 39.2 Å². The molecule has 0 aromatic heterocycles. The van der Waals surface area contributed by atoms with Crippen molar-refractivity contribution in [2.45, 2.75) is 13.3 Å². The fourth-order valence-corrected chi connectivity index (χ4v) is 3.48. The molecule has 1 saturated heterocycles. The normalized spacial score (nSPS) is 17.3. The summed E-state index contributed by atoms with van der Waals surface area (Å²) < 4.78 is 1.38. The lowest BCUT2D eigenvalue weighted by molar-refractivity contribution is -0.137. The molecule has 21 heavy (non-hydrogen) atoms. The first-order chi connectivity index (χ1) is 9.90. The first-order valence-corrected chi connectivity index (χ1v) is 8.14. The number of allylic oxidation sites excluding steroid dienone is 1. The zero-order valence-electron chi connectivity index (χ0n) is 11.1. The van der Waals surface area contributed by atoms with E-state index in [9.17, 15) is 9.59 Å². The van der Waals surface area contributed by atoms with E-state index in [0.717, 1.165) is 15.6 Å². The lowest BCUT2D eigenvalue weighted by Crippen LogP contribution is -2.30. The molecular formula is C14H12BrNO3S2. The summed E-state index contributed by atoms with van der Waals surface area (Å²) in [4.78, 5) is 24.9. The van der Waals surface area contributed by atoms with Crippen molar-refractivity contribution in [1.82, 2.24) is 4.90 Å². The van der Waals surface area contributed by atoms with Crippen molar-refractivity contribution < 1.29 is 14.7 Å². The number of thioether (sulfide) groups is 1. The average Bonchev–Trinajstić information content (AvgIpc) is 2.72. The smallest absolute Gasteiger partial charge is 0.305 e. The van der Waals surface area contributed by atoms with Crippen LogP contribution in [-0.2, 0) is 9.59 Å². The Kier molecular flexibility index (Phi) is 5.18. The van der Waals surface area contributed by atoms with Crippen LogP contribution in [0.25, 0.3) is 5.57 Å². The van der Waals surface area contributed by atoms with Crippen LogP contribution in [0.15, 0.2) is 33.6 Å². The molecule has 1 aliphatic heterocycles. The molecule has 1 heterocycles. The van der Waals surface area contributed by atoms with Crippen LogP contribution in [0.3, 0.4) is 0 Å². The molecule has 1 aliphatic rings. The molecule has 1 aromatic carbocycles. The van der Waals surface area contributed by atoms with Gasteiger partial charge in [-0.25, -0.2) is 0 Å². The number of benzene rings is 1. The minimum atomic E-state index is -0.947. The van der Waals surface area contributed by atoms with Crippen LogP contribution in [0.4, 0.5) is 0 Å². The van der Waals surface area contributed by atoms with E-state index in [1.165, 1.54) is 16.7 Å². The summed E-state index contributed by atoms with van der Waals surface area (Å²) in [6.45, 7) is 1.98. The monoisotopic (exact) mass is 385 g/mol. The maximum Gasteiger partial charge on any atom is 0.305 e. The van der Waals surface area contributed by atoms with Crippen LogP contribution in [0.2, 0.25) is 0 Å². The SMILES string of the molecule is C/C(=C1/SC(=S)N(CCC(=O)O)C1=O)c1ccc(Br)cc1. The van der Waals surface area contributed by atoms with Gasteiger partial charge in [0.15, 0.2) is 0 Å². The lowest BCUT2D eigenvalue weighted by atomic mass is 10.1. The Morgan fingerprint density at radius 2 is 2.00 bits per heavy atom. The van der Waals surface area contributed by atoms with Gasteiger partial charge in [0.2, 0.25) is 0 Å². The van der Waals surface area contributed by atoms with Crippen molar-refractivity contribution in [1.29, 1.82) is 0 Å². The largest absolute Gasteiger partial charge is 0.481 e. The maximum atomic E-state index is 12.4. The van der Waals surface area contributed by atoms with Crippen LogP contribution in [0.1, 0.15) is 18.9 Å². The second kappa shape index (κ2) is 6.72. The standard InChI is InChI=1S/C14H12BrNO3S2/c1-8(9-2-4-10(15)5-3-9)12-13(19)16(14(20)21-12)7-6-11(17)18/h2-5H,6-7H2,1H3,(H,17,18)/b12-8-. The van der Waals surface area contributed by atoms with Crippen LogP contribution >= 0.6 is 39.9 Å². The number of carboxylic acids is 1. The topological polar surface area (TPSA) is 57.6 Å². The molecule has 2 rings (SSSR count). The quantitative estimate of drug-likeness (QED) is 0.634. The van der Waals surface area contributed by atoms with E-state index in [0.29, 0.717) is 9.23 Å². The third-order valence-corrected chi connectivity index (χ3v) is 5.10. The fourth-order valence-electron chi connectivity index (χ4n) is 1.86. The van der Waals surface area contributed by atoms with Gasteiger partial charge in [0.25, 0.3) is 5.91 Å². The molecule has 7 heteroatoms. The third kappa shape index (κ3) is 3.72. The van der Waals surface area contributed by atoms with Crippen LogP contribution < -0.4 is 0 Å². The summed E-state index contributed by atoms with van der Waals surface area (Å²) in [5, 5.41) is 8.72. The van der Waals surface area contributed by atoms with Crippen LogP contribution in [0.5, 0.6) is 0 Å². The number of aliphatic carboxylic acids is 1. The summed E-state index contributed by atoms with van der Waals surface area (Å²) in [5.41, 5.74) is 1.79. The predicted octanol–water partition coefficient (Wildman–Crippen LogP) is 3.52. The van der Waals surface area contributed by atoms with E-state index in [4.69, 9.17) is 17.3 Å². The van der Waals surface area contributed by atoms with Gasteiger partial charge < -0.3 is 5.11 Å². The number of rotatable bonds is 4. The number of thiocarbonyl (C=S) groups is 1. The van der Waals surface area contributed by atoms with Gasteiger partial charge in [0.1, 0.15) is 4.32 Å². The summed E-state index contributed by atoms with van der Waals surface area (Å²) in [7, 11) is 0. The first kappa shape index (κ1) is 16.2. The van der Waals surface area contributed by atoms with Crippen molar-refractivity contribution in [2.75, 3.05) is 6.54 Å². The molecule has 0 bridgehead atoms. The first-order valence-electron chi connectivity index (χ1n) is 6.12. The number of carbonyl (C=O) groups excluding carboxylic acids is 1. The van der Waals surface area contributed by atoms with E-state index in [-0.39, 0.29) is 18.9 Å². The highest BCUT2D eigenvalue weighted by molar-refractivity contribution is 9.10. The molecule has 1 fully saturated rings. The maximum absolute atomic E-state index is 12.4. The fraction of sp³-hybridized carbons (Fsp3) is 0.214. The number of hydrogen-bond acceptors (Lipinski definition) is 4. The van der Waals surface area contributed by atoms with Crippen molar-refractivity contribution in [3.8, 4) is 0 Å². The molecule has 1 aromatic rings. The van der Waals surface area contributed by atoms with Crippen molar-refractivity contribution in [3.63, 3.8) is 0 Å². The number of carboxylic acid groups (broad SMARTS) is 1. The van der Waals surface area contributed by atoms with Gasteiger partial charge >= 0.3 is 5.97 Å². The third-order valence-electron chi connectivity index (χ3n) is 3.02. The Morgan fingerprint density at radius 1 is 1.38 bits per heavy atom. The van der Waals surface area contributed by atoms with E-state index in [1.807, 2.05) is 31.2 Å². The molecule has 0 unspecified atom stereocenters. The minimum absolute atomic E-state index is 0.108. The minimum Gasteiger partial charge on any atom is -0.481 e. The second-order valence-corrected chi connectivity index (χ2v) is 6.99. The van der Waals surface area contributed by atoms with E-state index in [2.05, 4.69) is 15.9 Å². The van der Waals surface area contributed by atoms with Gasteiger partial charge in [-0.2, -0.15) is 0 Å². The molecule has 0 spiro atoms. The lowest BCUT2D eigenvalue weighted by Gasteiger charge is -2.12. The number of hydrogen-bond donors (Lipinski definition) is 1. The zero-order valence-corrected chi connectivity index (χ0v) is 14.3. The number of amides is 1. The molecular weight excluding hydrogens is 374 g/mol. The van der Waals surface area contributed by atoms with Crippen molar-refractivity contribution >= 4 is 61.7 Å². The highest BCUT2D eigenvalue weighted by atomic mass is 79.9. The molecule has 1 amide bonds. The Morgan fingerprint density at radius 3 is 2.57 bits per heavy atom. The van der Waals surface area contributed by atoms with E-state index >= 15 is 0 Å². The Bertz CT molecular complexity index is 640. The van der Waals surface area contributed by atoms with Crippen LogP contribution in [-0.4, -0.2) is 32.7 Å². The molecule has 1 N–H and O–H groups in total. The Labute approximate surface area is 140 Å². The Balaban J connectivity index is 2.26. The number of nitrogens with zero attached hydrogens (tertiary/aromatic N) is 1. The predicted molar refractivity (Wildman–Crippen MR) is 90.9 cm³/mol. The summed E-state index contributed by atoms with van der Waals surface area (Å²) in [6.07, 6.45) is -0.114. The molecule has 0 atom stereocenters. The summed E-state index contributed by atoms with van der Waals surface area (Å²) in [5.74, 6) is -1.16. The van der Waals surface area contributed by atoms with Crippen molar-refractivity contribution in [2.24, 2.45) is 0 Å². The summed E-state index contributed by atoms with van der Waals surface area (Å²) in [6, 6.07) is 7.65. The second-order valence-electron chi connectivity index (χ2n) is 4.43. The van der Waals surface area contributed by atoms with Gasteiger partial charge in [-0.15, -0.1) is 0 Å². The highest BCUT2D eigenvalue weighted by Gasteiger charge is 2.33. The van der Waals surface area contributed by atoms with Gasteiger partial charge in [-0.05, 0) is 30.2 Å². The number of carbonyl (C=O) groups is 2. The molecule has 0 saturated carbocycles. The zero-order chi connectivity index (χ0) is 15.6. The number of halogens is 1. The van der Waals surface area contributed by atoms with Gasteiger partial charge in [0, 0.05) is 11.0 Å². The van der Waals surface area contributed by atoms with Crippen LogP contribution in [0, 0.1) is 0 Å². The average molecular weight is 386 g/mol. The van der Waals surface area contributed by atoms with E-state index in [1.54, 1.807) is 0 Å². The molecule has 4 nitrogen and oxygen atoms in total. The van der Waals surface area contributed by atoms with Gasteiger partial charge in [-0.3, -0.25) is 14.5 Å². The van der Waals surface area contributed by atoms with E-state index < -0.39 is 5.97 Å². The molecule has 0 aliphatic carbocycles. The summed E-state index contributed by atoms with van der Waals surface area (Å²) >= 11 is 9.76.